The van der Waals surface area contributed by atoms with Gasteiger partial charge in [0.15, 0.2) is 5.96 Å². The van der Waals surface area contributed by atoms with Crippen molar-refractivity contribution in [3.05, 3.63) is 53.2 Å². The number of ether oxygens (including phenoxy) is 1. The summed E-state index contributed by atoms with van der Waals surface area (Å²) in [4.78, 5) is 20.9. The number of carbonyl (C=O) groups excluding carboxylic acids is 1. The minimum Gasteiger partial charge on any atom is -0.465 e. The summed E-state index contributed by atoms with van der Waals surface area (Å²) in [6.45, 7) is 8.52. The Morgan fingerprint density at radius 1 is 1.27 bits per heavy atom. The third-order valence-corrected chi connectivity index (χ3v) is 4.81. The number of methoxy groups -OCH3 is 1. The molecular formula is C22H29N5O3. The van der Waals surface area contributed by atoms with E-state index in [0.717, 1.165) is 42.9 Å². The van der Waals surface area contributed by atoms with Crippen LogP contribution in [0, 0.1) is 13.8 Å². The number of guanidine groups is 1. The highest BCUT2D eigenvalue weighted by molar-refractivity contribution is 5.90. The molecule has 0 atom stereocenters. The van der Waals surface area contributed by atoms with Gasteiger partial charge in [0.25, 0.3) is 0 Å². The lowest BCUT2D eigenvalue weighted by molar-refractivity contribution is 0.0599. The van der Waals surface area contributed by atoms with Gasteiger partial charge in [-0.2, -0.15) is 0 Å². The molecule has 0 saturated heterocycles. The van der Waals surface area contributed by atoms with Crippen molar-refractivity contribution in [2.75, 3.05) is 20.2 Å². The fourth-order valence-electron chi connectivity index (χ4n) is 3.36. The Kier molecular flexibility index (Phi) is 7.11. The van der Waals surface area contributed by atoms with E-state index < -0.39 is 5.97 Å². The first-order valence-electron chi connectivity index (χ1n) is 10.1. The number of esters is 1. The van der Waals surface area contributed by atoms with Crippen molar-refractivity contribution in [1.29, 1.82) is 0 Å². The fourth-order valence-corrected chi connectivity index (χ4v) is 3.36. The van der Waals surface area contributed by atoms with Gasteiger partial charge in [-0.25, -0.2) is 14.8 Å². The van der Waals surface area contributed by atoms with Gasteiger partial charge in [-0.3, -0.25) is 0 Å². The van der Waals surface area contributed by atoms with E-state index in [2.05, 4.69) is 31.2 Å². The summed E-state index contributed by atoms with van der Waals surface area (Å²) in [5.41, 5.74) is 2.62. The Hall–Kier alpha value is -3.29. The van der Waals surface area contributed by atoms with Crippen molar-refractivity contribution in [2.45, 2.75) is 40.3 Å². The Morgan fingerprint density at radius 2 is 2.07 bits per heavy atom. The summed E-state index contributed by atoms with van der Waals surface area (Å²) < 4.78 is 12.6. The number of hydrogen-bond acceptors (Lipinski definition) is 5. The number of nitrogens with zero attached hydrogens (tertiary/aromatic N) is 3. The van der Waals surface area contributed by atoms with E-state index in [1.165, 1.54) is 7.11 Å². The zero-order valence-corrected chi connectivity index (χ0v) is 18.0. The van der Waals surface area contributed by atoms with Gasteiger partial charge >= 0.3 is 5.97 Å². The molecule has 8 heteroatoms. The van der Waals surface area contributed by atoms with Crippen LogP contribution in [-0.2, 0) is 17.8 Å². The van der Waals surface area contributed by atoms with Gasteiger partial charge in [0.05, 0.1) is 18.1 Å². The molecule has 1 aromatic carbocycles. The third kappa shape index (κ3) is 5.00. The summed E-state index contributed by atoms with van der Waals surface area (Å²) in [6.07, 6.45) is 0.929. The van der Waals surface area contributed by atoms with E-state index in [0.29, 0.717) is 29.6 Å². The van der Waals surface area contributed by atoms with Crippen LogP contribution in [0.3, 0.4) is 0 Å². The number of aryl methyl sites for hydroxylation is 3. The minimum absolute atomic E-state index is 0.332. The van der Waals surface area contributed by atoms with E-state index >= 15 is 0 Å². The largest absolute Gasteiger partial charge is 0.465 e. The summed E-state index contributed by atoms with van der Waals surface area (Å²) in [6, 6.07) is 9.86. The molecule has 0 saturated carbocycles. The predicted octanol–water partition coefficient (Wildman–Crippen LogP) is 3.18. The molecule has 0 aliphatic carbocycles. The van der Waals surface area contributed by atoms with E-state index in [1.807, 2.05) is 32.0 Å². The van der Waals surface area contributed by atoms with Gasteiger partial charge in [-0.05, 0) is 45.4 Å². The maximum absolute atomic E-state index is 11.7. The Labute approximate surface area is 176 Å². The summed E-state index contributed by atoms with van der Waals surface area (Å²) >= 11 is 0. The van der Waals surface area contributed by atoms with Gasteiger partial charge in [0.2, 0.25) is 0 Å². The molecule has 30 heavy (non-hydrogen) atoms. The lowest BCUT2D eigenvalue weighted by atomic mass is 10.2. The highest BCUT2D eigenvalue weighted by Gasteiger charge is 2.15. The normalized spacial score (nSPS) is 11.7. The van der Waals surface area contributed by atoms with Crippen LogP contribution in [0.2, 0.25) is 0 Å². The molecule has 0 amide bonds. The number of carbonyl (C=O) groups is 1. The topological polar surface area (TPSA) is 93.7 Å². The molecule has 160 valence electrons. The number of rotatable bonds is 8. The Morgan fingerprint density at radius 3 is 2.83 bits per heavy atom. The van der Waals surface area contributed by atoms with Crippen molar-refractivity contribution >= 4 is 23.0 Å². The van der Waals surface area contributed by atoms with Gasteiger partial charge in [0, 0.05) is 19.6 Å². The SMILES string of the molecule is CCNC(=NCc1cc(C(=O)OC)c(C)o1)NCCCn1c(C)nc2ccccc21. The highest BCUT2D eigenvalue weighted by Crippen LogP contribution is 2.17. The molecule has 2 heterocycles. The molecule has 2 N–H and O–H groups in total. The van der Waals surface area contributed by atoms with Crippen LogP contribution in [0.25, 0.3) is 11.0 Å². The van der Waals surface area contributed by atoms with Gasteiger partial charge in [-0.15, -0.1) is 0 Å². The lowest BCUT2D eigenvalue weighted by Crippen LogP contribution is -2.38. The van der Waals surface area contributed by atoms with Gasteiger partial charge in [0.1, 0.15) is 29.5 Å². The number of nitrogens with one attached hydrogen (secondary N) is 2. The van der Waals surface area contributed by atoms with Crippen LogP contribution in [0.15, 0.2) is 39.7 Å². The van der Waals surface area contributed by atoms with E-state index in [9.17, 15) is 4.79 Å². The Balaban J connectivity index is 1.56. The standard InChI is InChI=1S/C22H29N5O3/c1-5-23-22(25-14-17-13-18(15(2)30-17)21(28)29-4)24-11-8-12-27-16(3)26-19-9-6-7-10-20(19)27/h6-7,9-10,13H,5,8,11-12,14H2,1-4H3,(H2,23,24,25). The average molecular weight is 412 g/mol. The number of imidazole rings is 1. The van der Waals surface area contributed by atoms with Crippen molar-refractivity contribution in [3.63, 3.8) is 0 Å². The van der Waals surface area contributed by atoms with Crippen LogP contribution in [0.1, 0.15) is 41.0 Å². The van der Waals surface area contributed by atoms with Crippen LogP contribution in [0.5, 0.6) is 0 Å². The number of furan rings is 1. The number of benzene rings is 1. The third-order valence-electron chi connectivity index (χ3n) is 4.81. The molecule has 0 aliphatic heterocycles. The molecular weight excluding hydrogens is 382 g/mol. The Bertz CT molecular complexity index is 1030. The first kappa shape index (κ1) is 21.4. The van der Waals surface area contributed by atoms with Crippen molar-refractivity contribution < 1.29 is 13.9 Å². The fraction of sp³-hybridized carbons (Fsp3) is 0.409. The molecule has 0 aliphatic rings. The number of aromatic nitrogens is 2. The molecule has 0 spiro atoms. The van der Waals surface area contributed by atoms with E-state index in [-0.39, 0.29) is 0 Å². The maximum Gasteiger partial charge on any atom is 0.341 e. The maximum atomic E-state index is 11.7. The lowest BCUT2D eigenvalue weighted by Gasteiger charge is -2.12. The summed E-state index contributed by atoms with van der Waals surface area (Å²) in [7, 11) is 1.36. The molecule has 0 bridgehead atoms. The molecule has 8 nitrogen and oxygen atoms in total. The predicted molar refractivity (Wildman–Crippen MR) is 117 cm³/mol. The van der Waals surface area contributed by atoms with Crippen LogP contribution >= 0.6 is 0 Å². The molecule has 0 radical (unpaired) electrons. The number of hydrogen-bond donors (Lipinski definition) is 2. The van der Waals surface area contributed by atoms with Crippen LogP contribution < -0.4 is 10.6 Å². The number of para-hydroxylation sites is 2. The summed E-state index contributed by atoms with van der Waals surface area (Å²) in [5, 5.41) is 6.58. The molecule has 3 aromatic rings. The van der Waals surface area contributed by atoms with Crippen molar-refractivity contribution in [1.82, 2.24) is 20.2 Å². The van der Waals surface area contributed by atoms with Crippen LogP contribution in [-0.4, -0.2) is 41.7 Å². The first-order chi connectivity index (χ1) is 14.5. The minimum atomic E-state index is -0.404. The van der Waals surface area contributed by atoms with Crippen molar-refractivity contribution in [3.8, 4) is 0 Å². The summed E-state index contributed by atoms with van der Waals surface area (Å²) in [5.74, 6) is 2.47. The second kappa shape index (κ2) is 9.96. The molecule has 3 rings (SSSR count). The zero-order valence-electron chi connectivity index (χ0n) is 18.0. The first-order valence-corrected chi connectivity index (χ1v) is 10.1. The average Bonchev–Trinajstić information content (AvgIpc) is 3.27. The zero-order chi connectivity index (χ0) is 21.5. The monoisotopic (exact) mass is 411 g/mol. The van der Waals surface area contributed by atoms with Gasteiger partial charge < -0.3 is 24.4 Å². The second-order valence-corrected chi connectivity index (χ2v) is 6.95. The number of aliphatic imine (C=N–C) groups is 1. The molecule has 2 aromatic heterocycles. The van der Waals surface area contributed by atoms with Crippen LogP contribution in [0.4, 0.5) is 0 Å². The smallest absolute Gasteiger partial charge is 0.341 e. The van der Waals surface area contributed by atoms with Crippen molar-refractivity contribution in [2.24, 2.45) is 4.99 Å². The second-order valence-electron chi connectivity index (χ2n) is 6.95. The van der Waals surface area contributed by atoms with E-state index in [1.54, 1.807) is 13.0 Å². The van der Waals surface area contributed by atoms with E-state index in [4.69, 9.17) is 9.15 Å². The highest BCUT2D eigenvalue weighted by atomic mass is 16.5. The van der Waals surface area contributed by atoms with Gasteiger partial charge in [-0.1, -0.05) is 12.1 Å². The molecule has 0 fully saturated rings. The number of fused-ring (bicyclic) bond motifs is 1. The molecule has 0 unspecified atom stereocenters. The quantitative estimate of drug-likeness (QED) is 0.256.